The summed E-state index contributed by atoms with van der Waals surface area (Å²) >= 11 is 6.42. The lowest BCUT2D eigenvalue weighted by atomic mass is 9.79. The summed E-state index contributed by atoms with van der Waals surface area (Å²) in [5.74, 6) is 1.77. The number of ether oxygens (including phenoxy) is 4. The van der Waals surface area contributed by atoms with E-state index in [0.717, 1.165) is 25.7 Å². The number of hydrogen-bond acceptors (Lipinski definition) is 20. The van der Waals surface area contributed by atoms with Gasteiger partial charge in [0.15, 0.2) is 0 Å². The summed E-state index contributed by atoms with van der Waals surface area (Å²) in [7, 11) is -17.5. The third-order valence-corrected chi connectivity index (χ3v) is 30.6. The molecule has 0 aromatic rings. The fraction of sp³-hybridized carbons (Fsp3) is 0.900. The molecule has 0 aromatic heterocycles. The summed E-state index contributed by atoms with van der Waals surface area (Å²) < 4.78 is 47.5. The van der Waals surface area contributed by atoms with Crippen molar-refractivity contribution >= 4 is 106 Å². The van der Waals surface area contributed by atoms with Gasteiger partial charge in [-0.15, -0.1) is 0 Å². The molecule has 3 aliphatic heterocycles. The number of carbonyl (C=O) groups excluding carboxylic acids is 4. The van der Waals surface area contributed by atoms with Crippen LogP contribution in [0, 0.1) is 23.7 Å². The van der Waals surface area contributed by atoms with Crippen molar-refractivity contribution in [2.45, 2.75) is 127 Å². The van der Waals surface area contributed by atoms with Crippen LogP contribution in [0.4, 0.5) is 0 Å². The molecule has 4 unspecified atom stereocenters. The predicted octanol–water partition coefficient (Wildman–Crippen LogP) is 5.66. The van der Waals surface area contributed by atoms with E-state index in [1.54, 1.807) is 47.0 Å². The van der Waals surface area contributed by atoms with Crippen molar-refractivity contribution in [2.24, 2.45) is 23.7 Å². The highest BCUT2D eigenvalue weighted by Gasteiger charge is 2.63. The summed E-state index contributed by atoms with van der Waals surface area (Å²) in [5, 5.41) is 0. The summed E-state index contributed by atoms with van der Waals surface area (Å²) in [4.78, 5) is 101. The topological polar surface area (TPSA) is 223 Å². The maximum absolute atomic E-state index is 13.0. The Bertz CT molecular complexity index is 1260. The number of carbonyl (C=O) groups is 4. The first-order chi connectivity index (χ1) is 30.8. The summed E-state index contributed by atoms with van der Waals surface area (Å²) in [6, 6.07) is 0.108. The number of esters is 4. The van der Waals surface area contributed by atoms with Crippen LogP contribution in [0.3, 0.4) is 0 Å². The van der Waals surface area contributed by atoms with Gasteiger partial charge in [0.2, 0.25) is 0 Å². The van der Waals surface area contributed by atoms with Gasteiger partial charge in [-0.1, -0.05) is 25.7 Å². The van der Waals surface area contributed by atoms with Crippen molar-refractivity contribution in [3.63, 3.8) is 0 Å². The summed E-state index contributed by atoms with van der Waals surface area (Å²) in [5.41, 5.74) is 0. The molecule has 4 bridgehead atoms. The molecule has 4 N–H and O–H groups in total. The molecule has 3 saturated heterocycles. The fourth-order valence-electron chi connectivity index (χ4n) is 8.64. The van der Waals surface area contributed by atoms with Crippen molar-refractivity contribution in [3.05, 3.63) is 0 Å². The molecule has 5 fully saturated rings. The number of fused-ring (bicyclic) bond motifs is 6. The second kappa shape index (κ2) is 28.5. The minimum atomic E-state index is -4.37. The average Bonchev–Trinajstić information content (AvgIpc) is 3.25. The second-order valence-corrected chi connectivity index (χ2v) is 33.1. The summed E-state index contributed by atoms with van der Waals surface area (Å²) in [6.45, 7) is 0.918. The largest absolute Gasteiger partial charge is 0.483 e. The molecule has 368 valence electrons. The number of thioether (sulfide) groups is 4. The molecule has 24 heteroatoms. The highest BCUT2D eigenvalue weighted by atomic mass is 32.2. The van der Waals surface area contributed by atoms with Gasteiger partial charge >= 0.3 is 59.1 Å². The van der Waals surface area contributed by atoms with Crippen LogP contribution in [0.25, 0.3) is 0 Å². The lowest BCUT2D eigenvalue weighted by Gasteiger charge is -2.45. The second-order valence-electron chi connectivity index (χ2n) is 17.2. The molecule has 2 saturated carbocycles. The molecule has 5 aliphatic rings. The van der Waals surface area contributed by atoms with E-state index in [9.17, 15) is 38.4 Å². The quantitative estimate of drug-likeness (QED) is 0.131. The minimum absolute atomic E-state index is 0.0270. The average molecular weight is 1050 g/mol. The highest BCUT2D eigenvalue weighted by molar-refractivity contribution is 7.99. The van der Waals surface area contributed by atoms with Crippen LogP contribution in [0.1, 0.15) is 103 Å². The molecule has 0 aromatic carbocycles. The Kier molecular flexibility index (Phi) is 24.4. The Hall–Kier alpha value is -0.172. The van der Waals surface area contributed by atoms with Crippen molar-refractivity contribution in [1.82, 2.24) is 0 Å². The van der Waals surface area contributed by atoms with Gasteiger partial charge in [-0.05, 0) is 123 Å². The van der Waals surface area contributed by atoms with E-state index >= 15 is 0 Å². The standard InChI is InChI=1S/C40H72O16S4Si4/c41-37-33-13-1-2-14-34(33)38(42)50-18-6-22-58-26-10-30-62(46)53-61(45,29-9-25-57-21-5-17-49-37)55-63(47)31-11-27-59-23-7-19-51-39(43)35-15-3-4-16-36(35)40(44)52-20-8-24-60-28-12-32-64(48,54-63)56-62/h33-36,45-48H,1-32H2. The van der Waals surface area contributed by atoms with Crippen LogP contribution in [-0.4, -0.2) is 151 Å². The first-order valence-electron chi connectivity index (χ1n) is 23.5. The van der Waals surface area contributed by atoms with Gasteiger partial charge in [0, 0.05) is 24.2 Å². The van der Waals surface area contributed by atoms with E-state index < -0.39 is 58.9 Å². The molecular formula is C40H72O16S4Si4. The predicted molar refractivity (Wildman–Crippen MR) is 256 cm³/mol. The van der Waals surface area contributed by atoms with Crippen LogP contribution in [0.5, 0.6) is 0 Å². The zero-order chi connectivity index (χ0) is 45.7. The molecule has 0 radical (unpaired) electrons. The molecule has 3 heterocycles. The lowest BCUT2D eigenvalue weighted by molar-refractivity contribution is -0.162. The number of cyclic esters (lactones) is 4. The Morgan fingerprint density at radius 2 is 0.531 bits per heavy atom. The smallest absolute Gasteiger partial charge is 0.465 e. The van der Waals surface area contributed by atoms with Gasteiger partial charge < -0.3 is 54.6 Å². The Morgan fingerprint density at radius 1 is 0.328 bits per heavy atom. The van der Waals surface area contributed by atoms with Crippen molar-refractivity contribution < 1.29 is 73.8 Å². The third kappa shape index (κ3) is 19.0. The lowest BCUT2D eigenvalue weighted by Crippen LogP contribution is -2.71. The van der Waals surface area contributed by atoms with Crippen LogP contribution < -0.4 is 0 Å². The van der Waals surface area contributed by atoms with Gasteiger partial charge in [-0.3, -0.25) is 19.2 Å². The van der Waals surface area contributed by atoms with Gasteiger partial charge in [0.25, 0.3) is 0 Å². The zero-order valence-electron chi connectivity index (χ0n) is 37.3. The van der Waals surface area contributed by atoms with E-state index in [1.807, 2.05) is 0 Å². The van der Waals surface area contributed by atoms with Crippen LogP contribution in [0.2, 0.25) is 24.2 Å². The molecule has 0 spiro atoms. The number of hydrogen-bond donors (Lipinski definition) is 4. The van der Waals surface area contributed by atoms with Crippen molar-refractivity contribution in [2.75, 3.05) is 72.5 Å². The third-order valence-electron chi connectivity index (χ3n) is 11.9. The number of rotatable bonds is 0. The van der Waals surface area contributed by atoms with Crippen LogP contribution in [-0.2, 0) is 54.6 Å². The van der Waals surface area contributed by atoms with E-state index in [4.69, 9.17) is 35.4 Å². The first-order valence-corrected chi connectivity index (χ1v) is 36.0. The molecule has 2 aliphatic carbocycles. The van der Waals surface area contributed by atoms with Crippen LogP contribution >= 0.6 is 47.0 Å². The van der Waals surface area contributed by atoms with Gasteiger partial charge in [-0.2, -0.15) is 47.0 Å². The Balaban J connectivity index is 1.25. The van der Waals surface area contributed by atoms with Gasteiger partial charge in [0.05, 0.1) is 50.1 Å². The fourth-order valence-corrected chi connectivity index (χ4v) is 29.1. The normalized spacial score (nSPS) is 37.3. The van der Waals surface area contributed by atoms with E-state index in [1.165, 1.54) is 0 Å². The first kappa shape index (κ1) is 54.8. The van der Waals surface area contributed by atoms with Gasteiger partial charge in [0.1, 0.15) is 0 Å². The van der Waals surface area contributed by atoms with Crippen LogP contribution in [0.15, 0.2) is 0 Å². The molecule has 5 rings (SSSR count). The van der Waals surface area contributed by atoms with Crippen molar-refractivity contribution in [1.29, 1.82) is 0 Å². The van der Waals surface area contributed by atoms with Crippen molar-refractivity contribution in [3.8, 4) is 0 Å². The zero-order valence-corrected chi connectivity index (χ0v) is 44.5. The Labute approximate surface area is 400 Å². The van der Waals surface area contributed by atoms with E-state index in [2.05, 4.69) is 0 Å². The van der Waals surface area contributed by atoms with E-state index in [0.29, 0.717) is 123 Å². The van der Waals surface area contributed by atoms with Gasteiger partial charge in [-0.25, -0.2) is 0 Å². The monoisotopic (exact) mass is 1050 g/mol. The molecule has 0 amide bonds. The van der Waals surface area contributed by atoms with E-state index in [-0.39, 0.29) is 74.5 Å². The summed E-state index contributed by atoms with van der Waals surface area (Å²) in [6.07, 6.45) is 10.1. The molecule has 4 atom stereocenters. The highest BCUT2D eigenvalue weighted by Crippen LogP contribution is 2.37. The molecular weight excluding hydrogens is 977 g/mol. The maximum Gasteiger partial charge on any atom is 0.483 e. The Morgan fingerprint density at radius 3 is 0.750 bits per heavy atom. The maximum atomic E-state index is 13.0. The minimum Gasteiger partial charge on any atom is -0.465 e. The molecule has 16 nitrogen and oxygen atoms in total. The SMILES string of the molecule is O=C1OCCCSCCC[Si]2(O)O[Si](O)(CCCSCCCOC(=O)C3CCCCC13)O[Si]1(O)CCCSCCCOC(=O)C3CCCCC3C(=O)OCCCSCCC[Si](O)(O1)O2. The molecule has 64 heavy (non-hydrogen) atoms.